The highest BCUT2D eigenvalue weighted by molar-refractivity contribution is 7.99. The molecule has 1 N–H and O–H groups in total. The zero-order chi connectivity index (χ0) is 18.7. The predicted octanol–water partition coefficient (Wildman–Crippen LogP) is 3.49. The number of hydrogen-bond donors (Lipinski definition) is 1. The zero-order valence-corrected chi connectivity index (χ0v) is 15.9. The Hall–Kier alpha value is -2.60. The van der Waals surface area contributed by atoms with Gasteiger partial charge in [-0.05, 0) is 55.7 Å². The fourth-order valence-electron chi connectivity index (χ4n) is 2.82. The molecular weight excluding hydrogens is 346 g/mol. The third-order valence-corrected chi connectivity index (χ3v) is 4.82. The smallest absolute Gasteiger partial charge is 0.258 e. The first-order chi connectivity index (χ1) is 12.4. The molecule has 0 aliphatic heterocycles. The van der Waals surface area contributed by atoms with Crippen molar-refractivity contribution in [1.29, 1.82) is 0 Å². The highest BCUT2D eigenvalue weighted by atomic mass is 32.2. The Kier molecular flexibility index (Phi) is 5.42. The van der Waals surface area contributed by atoms with Gasteiger partial charge in [0.15, 0.2) is 0 Å². The molecule has 0 spiro atoms. The second-order valence-electron chi connectivity index (χ2n) is 6.44. The third kappa shape index (κ3) is 4.52. The Morgan fingerprint density at radius 1 is 1.08 bits per heavy atom. The summed E-state index contributed by atoms with van der Waals surface area (Å²) < 4.78 is 1.54. The second-order valence-corrected chi connectivity index (χ2v) is 7.42. The lowest BCUT2D eigenvalue weighted by Gasteiger charge is -2.08. The van der Waals surface area contributed by atoms with Gasteiger partial charge in [0.05, 0.1) is 11.4 Å². The van der Waals surface area contributed by atoms with E-state index in [0.29, 0.717) is 22.8 Å². The molecule has 1 amide bonds. The number of nitrogens with zero attached hydrogens (tertiary/aromatic N) is 2. The molecule has 0 saturated heterocycles. The molecule has 0 aliphatic rings. The number of amides is 1. The van der Waals surface area contributed by atoms with Crippen molar-refractivity contribution in [3.63, 3.8) is 0 Å². The van der Waals surface area contributed by atoms with Crippen LogP contribution in [0.5, 0.6) is 0 Å². The Morgan fingerprint density at radius 2 is 1.81 bits per heavy atom. The SMILES string of the molecule is Cc1cc(C)cc(NC(=O)CSCc2cc(=O)n3cc(C)ccc3n2)c1. The molecule has 2 aromatic heterocycles. The fourth-order valence-corrected chi connectivity index (χ4v) is 3.54. The summed E-state index contributed by atoms with van der Waals surface area (Å²) >= 11 is 1.44. The predicted molar refractivity (Wildman–Crippen MR) is 107 cm³/mol. The Labute approximate surface area is 156 Å². The summed E-state index contributed by atoms with van der Waals surface area (Å²) in [7, 11) is 0. The minimum absolute atomic E-state index is 0.0619. The summed E-state index contributed by atoms with van der Waals surface area (Å²) in [6.07, 6.45) is 1.78. The van der Waals surface area contributed by atoms with Gasteiger partial charge in [0.2, 0.25) is 5.91 Å². The van der Waals surface area contributed by atoms with Gasteiger partial charge >= 0.3 is 0 Å². The number of aromatic nitrogens is 2. The normalized spacial score (nSPS) is 10.9. The maximum absolute atomic E-state index is 12.2. The van der Waals surface area contributed by atoms with Gasteiger partial charge in [-0.3, -0.25) is 14.0 Å². The minimum atomic E-state index is -0.103. The van der Waals surface area contributed by atoms with Crippen LogP contribution >= 0.6 is 11.8 Å². The van der Waals surface area contributed by atoms with Crippen molar-refractivity contribution in [2.24, 2.45) is 0 Å². The second kappa shape index (κ2) is 7.74. The van der Waals surface area contributed by atoms with E-state index >= 15 is 0 Å². The largest absolute Gasteiger partial charge is 0.325 e. The molecule has 0 aliphatic carbocycles. The lowest BCUT2D eigenvalue weighted by atomic mass is 10.1. The number of fused-ring (bicyclic) bond motifs is 1. The average molecular weight is 367 g/mol. The number of aryl methyl sites for hydroxylation is 3. The van der Waals surface area contributed by atoms with Crippen LogP contribution in [0.4, 0.5) is 5.69 Å². The number of benzene rings is 1. The Bertz CT molecular complexity index is 1010. The molecule has 0 bridgehead atoms. The van der Waals surface area contributed by atoms with E-state index in [1.807, 2.05) is 45.0 Å². The van der Waals surface area contributed by atoms with E-state index in [-0.39, 0.29) is 11.5 Å². The number of carbonyl (C=O) groups is 1. The van der Waals surface area contributed by atoms with Crippen LogP contribution in [0.2, 0.25) is 0 Å². The molecule has 3 rings (SSSR count). The van der Waals surface area contributed by atoms with Crippen molar-refractivity contribution in [3.05, 3.63) is 75.3 Å². The number of anilines is 1. The number of thioether (sulfide) groups is 1. The summed E-state index contributed by atoms with van der Waals surface area (Å²) in [5.41, 5.74) is 5.25. The maximum Gasteiger partial charge on any atom is 0.258 e. The molecule has 0 radical (unpaired) electrons. The van der Waals surface area contributed by atoms with Gasteiger partial charge in [0.1, 0.15) is 5.65 Å². The summed E-state index contributed by atoms with van der Waals surface area (Å²) in [5, 5.41) is 2.91. The van der Waals surface area contributed by atoms with Gasteiger partial charge < -0.3 is 5.32 Å². The molecule has 2 heterocycles. The third-order valence-electron chi connectivity index (χ3n) is 3.85. The van der Waals surface area contributed by atoms with Gasteiger partial charge in [-0.1, -0.05) is 12.1 Å². The lowest BCUT2D eigenvalue weighted by Crippen LogP contribution is -2.16. The first kappa shape index (κ1) is 18.2. The molecule has 3 aromatic rings. The van der Waals surface area contributed by atoms with E-state index in [0.717, 1.165) is 22.4 Å². The van der Waals surface area contributed by atoms with E-state index < -0.39 is 0 Å². The van der Waals surface area contributed by atoms with Crippen molar-refractivity contribution < 1.29 is 4.79 Å². The molecule has 5 nitrogen and oxygen atoms in total. The molecule has 134 valence electrons. The van der Waals surface area contributed by atoms with Gasteiger partial charge in [-0.15, -0.1) is 11.8 Å². The first-order valence-electron chi connectivity index (χ1n) is 8.35. The molecule has 6 heteroatoms. The van der Waals surface area contributed by atoms with Crippen LogP contribution in [0.25, 0.3) is 5.65 Å². The van der Waals surface area contributed by atoms with E-state index in [1.165, 1.54) is 22.2 Å². The average Bonchev–Trinajstić information content (AvgIpc) is 2.54. The van der Waals surface area contributed by atoms with Crippen LogP contribution in [0, 0.1) is 20.8 Å². The summed E-state index contributed by atoms with van der Waals surface area (Å²) in [6, 6.07) is 11.2. The topological polar surface area (TPSA) is 63.5 Å². The molecule has 26 heavy (non-hydrogen) atoms. The molecule has 0 unspecified atom stereocenters. The number of pyridine rings is 1. The number of hydrogen-bond acceptors (Lipinski definition) is 4. The number of carbonyl (C=O) groups excluding carboxylic acids is 1. The highest BCUT2D eigenvalue weighted by Crippen LogP contribution is 2.15. The van der Waals surface area contributed by atoms with Crippen LogP contribution in [0.3, 0.4) is 0 Å². The number of rotatable bonds is 5. The summed E-state index contributed by atoms with van der Waals surface area (Å²) in [5.74, 6) is 0.759. The van der Waals surface area contributed by atoms with Crippen LogP contribution in [-0.4, -0.2) is 21.0 Å². The van der Waals surface area contributed by atoms with Crippen LogP contribution in [0.1, 0.15) is 22.4 Å². The van der Waals surface area contributed by atoms with Gasteiger partial charge in [-0.25, -0.2) is 4.98 Å². The van der Waals surface area contributed by atoms with Gasteiger partial charge in [-0.2, -0.15) is 0 Å². The van der Waals surface area contributed by atoms with Crippen LogP contribution < -0.4 is 10.9 Å². The van der Waals surface area contributed by atoms with Crippen molar-refractivity contribution in [3.8, 4) is 0 Å². The monoisotopic (exact) mass is 367 g/mol. The summed E-state index contributed by atoms with van der Waals surface area (Å²) in [4.78, 5) is 28.8. The quantitative estimate of drug-likeness (QED) is 0.750. The molecule has 0 atom stereocenters. The maximum atomic E-state index is 12.2. The fraction of sp³-hybridized carbons (Fsp3) is 0.250. The minimum Gasteiger partial charge on any atom is -0.325 e. The highest BCUT2D eigenvalue weighted by Gasteiger charge is 2.07. The molecule has 1 aromatic carbocycles. The van der Waals surface area contributed by atoms with E-state index in [4.69, 9.17) is 0 Å². The van der Waals surface area contributed by atoms with E-state index in [2.05, 4.69) is 16.4 Å². The zero-order valence-electron chi connectivity index (χ0n) is 15.1. The van der Waals surface area contributed by atoms with Crippen molar-refractivity contribution >= 4 is 29.0 Å². The molecule has 0 saturated carbocycles. The van der Waals surface area contributed by atoms with Crippen LogP contribution in [0.15, 0.2) is 47.4 Å². The van der Waals surface area contributed by atoms with Crippen molar-refractivity contribution in [2.45, 2.75) is 26.5 Å². The van der Waals surface area contributed by atoms with Crippen LogP contribution in [-0.2, 0) is 10.5 Å². The first-order valence-corrected chi connectivity index (χ1v) is 9.51. The van der Waals surface area contributed by atoms with E-state index in [9.17, 15) is 9.59 Å². The van der Waals surface area contributed by atoms with Crippen molar-refractivity contribution in [2.75, 3.05) is 11.1 Å². The number of nitrogens with one attached hydrogen (secondary N) is 1. The van der Waals surface area contributed by atoms with Gasteiger partial charge in [0.25, 0.3) is 5.56 Å². The standard InChI is InChI=1S/C20H21N3O2S/c1-13-4-5-18-21-17(9-20(25)23(18)10-13)11-26-12-19(24)22-16-7-14(2)6-15(3)8-16/h4-10H,11-12H2,1-3H3,(H,22,24). The van der Waals surface area contributed by atoms with Gasteiger partial charge in [0, 0.05) is 23.7 Å². The molecule has 0 fully saturated rings. The Morgan fingerprint density at radius 3 is 2.54 bits per heavy atom. The van der Waals surface area contributed by atoms with Crippen molar-refractivity contribution in [1.82, 2.24) is 9.38 Å². The van der Waals surface area contributed by atoms with E-state index in [1.54, 1.807) is 6.20 Å². The molecular formula is C20H21N3O2S. The summed E-state index contributed by atoms with van der Waals surface area (Å²) in [6.45, 7) is 5.94. The Balaban J connectivity index is 1.61. The lowest BCUT2D eigenvalue weighted by molar-refractivity contribution is -0.113.